The number of halogens is 5. The number of rotatable bonds is 8. The van der Waals surface area contributed by atoms with Gasteiger partial charge in [-0.2, -0.15) is 18.3 Å². The first-order chi connectivity index (χ1) is 18.5. The van der Waals surface area contributed by atoms with Gasteiger partial charge in [0.1, 0.15) is 11.3 Å². The molecule has 17 heteroatoms. The van der Waals surface area contributed by atoms with E-state index in [4.69, 9.17) is 0 Å². The van der Waals surface area contributed by atoms with Gasteiger partial charge in [-0.25, -0.2) is 36.4 Å². The molecule has 0 saturated heterocycles. The second-order valence-electron chi connectivity index (χ2n) is 9.23. The van der Waals surface area contributed by atoms with Gasteiger partial charge in [-0.05, 0) is 39.0 Å². The Morgan fingerprint density at radius 1 is 1.15 bits per heavy atom. The van der Waals surface area contributed by atoms with Crippen LogP contribution in [0.25, 0.3) is 16.9 Å². The number of nitrogens with one attached hydrogen (secondary N) is 2. The molecule has 0 spiro atoms. The van der Waals surface area contributed by atoms with Gasteiger partial charge in [-0.3, -0.25) is 10.1 Å². The van der Waals surface area contributed by atoms with Crippen LogP contribution >= 0.6 is 11.3 Å². The maximum absolute atomic E-state index is 13.8. The van der Waals surface area contributed by atoms with Gasteiger partial charge >= 0.3 is 6.18 Å². The number of hydrogen-bond acceptors (Lipinski definition) is 8. The first-order valence-corrected chi connectivity index (χ1v) is 13.6. The fourth-order valence-corrected chi connectivity index (χ4v) is 6.39. The summed E-state index contributed by atoms with van der Waals surface area (Å²) in [5.74, 6) is -0.895. The maximum atomic E-state index is 13.8. The molecular formula is C23H21F5N6O4S2. The van der Waals surface area contributed by atoms with E-state index in [0.717, 1.165) is 41.0 Å². The summed E-state index contributed by atoms with van der Waals surface area (Å²) in [6, 6.07) is 4.65. The van der Waals surface area contributed by atoms with Crippen LogP contribution in [-0.2, 0) is 16.2 Å². The van der Waals surface area contributed by atoms with Gasteiger partial charge in [0.15, 0.2) is 15.0 Å². The van der Waals surface area contributed by atoms with Crippen LogP contribution in [0.5, 0.6) is 0 Å². The van der Waals surface area contributed by atoms with Crippen LogP contribution in [0.2, 0.25) is 0 Å². The molecule has 4 aromatic rings. The zero-order valence-electron chi connectivity index (χ0n) is 20.9. The highest BCUT2D eigenvalue weighted by molar-refractivity contribution is 7.91. The van der Waals surface area contributed by atoms with E-state index in [2.05, 4.69) is 25.1 Å². The van der Waals surface area contributed by atoms with Crippen molar-refractivity contribution >= 4 is 38.0 Å². The van der Waals surface area contributed by atoms with Crippen LogP contribution < -0.4 is 10.0 Å². The second-order valence-corrected chi connectivity index (χ2v) is 12.1. The summed E-state index contributed by atoms with van der Waals surface area (Å²) >= 11 is 0.625. The second kappa shape index (κ2) is 10.5. The Morgan fingerprint density at radius 2 is 1.80 bits per heavy atom. The standard InChI is InChI=1S/C23H21F5N6O4S2/c1-11-20(40(37,38)33-22(2,3)10-35)39-21(30-11)32-19(36)14-9-29-34-16(17(24)25)8-15(31-18(14)34)12-4-6-13(7-5-12)23(26,27)28/h4-9,17,33,35H,10H2,1-3H3,(H,30,32,36). The quantitative estimate of drug-likeness (QED) is 0.253. The Labute approximate surface area is 227 Å². The molecule has 0 unspecified atom stereocenters. The van der Waals surface area contributed by atoms with E-state index in [1.165, 1.54) is 20.8 Å². The molecule has 3 heterocycles. The van der Waals surface area contributed by atoms with Crippen molar-refractivity contribution in [1.82, 2.24) is 24.3 Å². The predicted molar refractivity (Wildman–Crippen MR) is 135 cm³/mol. The minimum absolute atomic E-state index is 0.0594. The van der Waals surface area contributed by atoms with Crippen LogP contribution in [0.15, 0.2) is 40.7 Å². The van der Waals surface area contributed by atoms with Crippen molar-refractivity contribution in [3.63, 3.8) is 0 Å². The van der Waals surface area contributed by atoms with Crippen LogP contribution in [-0.4, -0.2) is 51.2 Å². The summed E-state index contributed by atoms with van der Waals surface area (Å²) in [6.07, 6.45) is -6.69. The number of aromatic nitrogens is 4. The van der Waals surface area contributed by atoms with E-state index in [-0.39, 0.29) is 37.5 Å². The van der Waals surface area contributed by atoms with Crippen LogP contribution in [0.1, 0.15) is 47.6 Å². The number of benzene rings is 1. The van der Waals surface area contributed by atoms with E-state index in [0.29, 0.717) is 11.3 Å². The van der Waals surface area contributed by atoms with Crippen LogP contribution in [0.4, 0.5) is 27.1 Å². The number of hydrogen-bond donors (Lipinski definition) is 3. The first kappa shape index (κ1) is 29.4. The number of sulfonamides is 1. The number of aliphatic hydroxyl groups excluding tert-OH is 1. The van der Waals surface area contributed by atoms with Crippen molar-refractivity contribution in [2.24, 2.45) is 0 Å². The van der Waals surface area contributed by atoms with Crippen molar-refractivity contribution in [2.75, 3.05) is 11.9 Å². The molecule has 1 aromatic carbocycles. The summed E-state index contributed by atoms with van der Waals surface area (Å²) in [7, 11) is -4.12. The smallest absolute Gasteiger partial charge is 0.394 e. The highest BCUT2D eigenvalue weighted by atomic mass is 32.2. The van der Waals surface area contributed by atoms with Crippen molar-refractivity contribution in [3.8, 4) is 11.3 Å². The minimum Gasteiger partial charge on any atom is -0.394 e. The lowest BCUT2D eigenvalue weighted by Crippen LogP contribution is -2.46. The molecular weight excluding hydrogens is 583 g/mol. The topological polar surface area (TPSA) is 139 Å². The number of aliphatic hydroxyl groups is 1. The van der Waals surface area contributed by atoms with Gasteiger partial charge in [-0.15, -0.1) is 0 Å². The number of amides is 1. The normalized spacial score (nSPS) is 12.8. The largest absolute Gasteiger partial charge is 0.416 e. The number of carbonyl (C=O) groups excluding carboxylic acids is 1. The Kier molecular flexibility index (Phi) is 7.70. The third-order valence-corrected chi connectivity index (χ3v) is 8.88. The lowest BCUT2D eigenvalue weighted by atomic mass is 10.1. The molecule has 0 aliphatic carbocycles. The lowest BCUT2D eigenvalue weighted by molar-refractivity contribution is -0.137. The number of alkyl halides is 5. The molecule has 0 fully saturated rings. The molecule has 0 aliphatic rings. The molecule has 0 atom stereocenters. The fourth-order valence-electron chi connectivity index (χ4n) is 3.57. The summed E-state index contributed by atoms with van der Waals surface area (Å²) in [5, 5.41) is 15.5. The average molecular weight is 605 g/mol. The average Bonchev–Trinajstić information content (AvgIpc) is 3.46. The zero-order valence-corrected chi connectivity index (χ0v) is 22.5. The molecule has 0 radical (unpaired) electrons. The van der Waals surface area contributed by atoms with E-state index in [1.807, 2.05) is 0 Å². The van der Waals surface area contributed by atoms with Gasteiger partial charge in [0.2, 0.25) is 0 Å². The van der Waals surface area contributed by atoms with Crippen molar-refractivity contribution in [3.05, 3.63) is 59.0 Å². The lowest BCUT2D eigenvalue weighted by Gasteiger charge is -2.22. The number of aryl methyl sites for hydroxylation is 1. The van der Waals surface area contributed by atoms with Crippen LogP contribution in [0.3, 0.4) is 0 Å². The molecule has 214 valence electrons. The third kappa shape index (κ3) is 5.96. The highest BCUT2D eigenvalue weighted by Gasteiger charge is 2.31. The van der Waals surface area contributed by atoms with Gasteiger partial charge < -0.3 is 5.11 Å². The van der Waals surface area contributed by atoms with E-state index < -0.39 is 51.9 Å². The van der Waals surface area contributed by atoms with E-state index in [1.54, 1.807) is 0 Å². The molecule has 1 amide bonds. The van der Waals surface area contributed by atoms with Gasteiger partial charge in [-0.1, -0.05) is 23.5 Å². The SMILES string of the molecule is Cc1nc(NC(=O)c2cnn3c(C(F)F)cc(-c4ccc(C(F)(F)F)cc4)nc23)sc1S(=O)(=O)NC(C)(C)CO. The third-order valence-electron chi connectivity index (χ3n) is 5.50. The molecule has 10 nitrogen and oxygen atoms in total. The Hall–Kier alpha value is -3.54. The number of fused-ring (bicyclic) bond motifs is 1. The summed E-state index contributed by atoms with van der Waals surface area (Å²) in [5.41, 5.74) is -3.32. The summed E-state index contributed by atoms with van der Waals surface area (Å²) in [6.45, 7) is 3.85. The number of thiazole rings is 1. The number of carbonyl (C=O) groups is 1. The van der Waals surface area contributed by atoms with Crippen molar-refractivity contribution in [2.45, 2.75) is 43.1 Å². The molecule has 0 aliphatic heterocycles. The predicted octanol–water partition coefficient (Wildman–Crippen LogP) is 4.42. The van der Waals surface area contributed by atoms with Gasteiger partial charge in [0.25, 0.3) is 22.4 Å². The highest BCUT2D eigenvalue weighted by Crippen LogP contribution is 2.33. The van der Waals surface area contributed by atoms with E-state index in [9.17, 15) is 40.3 Å². The zero-order chi connectivity index (χ0) is 29.6. The molecule has 3 N–H and O–H groups in total. The number of nitrogens with zero attached hydrogens (tertiary/aromatic N) is 4. The first-order valence-electron chi connectivity index (χ1n) is 11.3. The Bertz CT molecular complexity index is 1680. The molecule has 3 aromatic heterocycles. The molecule has 0 bridgehead atoms. The molecule has 40 heavy (non-hydrogen) atoms. The molecule has 0 saturated carbocycles. The Balaban J connectivity index is 1.70. The summed E-state index contributed by atoms with van der Waals surface area (Å²) in [4.78, 5) is 21.3. The number of anilines is 1. The van der Waals surface area contributed by atoms with Crippen LogP contribution in [0, 0.1) is 6.92 Å². The molecule has 4 rings (SSSR count). The summed E-state index contributed by atoms with van der Waals surface area (Å²) < 4.78 is 94.9. The fraction of sp³-hybridized carbons (Fsp3) is 0.304. The maximum Gasteiger partial charge on any atom is 0.416 e. The minimum atomic E-state index is -4.60. The van der Waals surface area contributed by atoms with Gasteiger partial charge in [0.05, 0.1) is 35.3 Å². The Morgan fingerprint density at radius 3 is 2.38 bits per heavy atom. The van der Waals surface area contributed by atoms with Crippen molar-refractivity contribution < 1.29 is 40.3 Å². The van der Waals surface area contributed by atoms with E-state index >= 15 is 0 Å². The van der Waals surface area contributed by atoms with Crippen molar-refractivity contribution in [1.29, 1.82) is 0 Å². The monoisotopic (exact) mass is 604 g/mol. The van der Waals surface area contributed by atoms with Gasteiger partial charge in [0, 0.05) is 5.56 Å².